The van der Waals surface area contributed by atoms with Crippen LogP contribution in [0.5, 0.6) is 0 Å². The van der Waals surface area contributed by atoms with Crippen LogP contribution in [-0.4, -0.2) is 41.5 Å². The van der Waals surface area contributed by atoms with Gasteiger partial charge in [-0.25, -0.2) is 0 Å². The fourth-order valence-corrected chi connectivity index (χ4v) is 4.28. The van der Waals surface area contributed by atoms with Crippen LogP contribution >= 0.6 is 11.8 Å². The highest BCUT2D eigenvalue weighted by Crippen LogP contribution is 2.38. The first-order chi connectivity index (χ1) is 15.4. The molecule has 0 spiro atoms. The maximum Gasteiger partial charge on any atom is 0.417 e. The Morgan fingerprint density at radius 2 is 1.88 bits per heavy atom. The normalized spacial score (nSPS) is 18.9. The fraction of sp³-hybridized carbons (Fsp3) is 0.381. The maximum atomic E-state index is 13.4. The number of carbonyl (C=O) groups is 2. The Balaban J connectivity index is 1.73. The van der Waals surface area contributed by atoms with Gasteiger partial charge in [-0.05, 0) is 48.7 Å². The van der Waals surface area contributed by atoms with Crippen molar-refractivity contribution >= 4 is 28.7 Å². The minimum atomic E-state index is -5.12. The summed E-state index contributed by atoms with van der Waals surface area (Å²) >= 11 is 0.920. The summed E-state index contributed by atoms with van der Waals surface area (Å²) in [6.07, 6.45) is -2.30. The number of nitrogens with one attached hydrogen (secondary N) is 1. The van der Waals surface area contributed by atoms with E-state index in [4.69, 9.17) is 6.42 Å². The van der Waals surface area contributed by atoms with Crippen LogP contribution in [0, 0.1) is 18.3 Å². The highest BCUT2D eigenvalue weighted by molar-refractivity contribution is 8.18. The van der Waals surface area contributed by atoms with Gasteiger partial charge in [0.1, 0.15) is 5.84 Å². The molecule has 1 aromatic carbocycles. The zero-order chi connectivity index (χ0) is 24.4. The molecular formula is C21H17F6N3O2S. The van der Waals surface area contributed by atoms with Crippen LogP contribution in [0.2, 0.25) is 0 Å². The van der Waals surface area contributed by atoms with E-state index in [-0.39, 0.29) is 31.6 Å². The van der Waals surface area contributed by atoms with Crippen molar-refractivity contribution in [3.8, 4) is 12.3 Å². The molecule has 0 radical (unpaired) electrons. The number of hydrogen-bond donors (Lipinski definition) is 1. The molecule has 0 bridgehead atoms. The fourth-order valence-electron chi connectivity index (χ4n) is 3.48. The number of rotatable bonds is 3. The molecule has 1 N–H and O–H groups in total. The number of aliphatic imine (C=N–C) groups is 1. The molecule has 1 saturated heterocycles. The van der Waals surface area contributed by atoms with Gasteiger partial charge in [-0.2, -0.15) is 31.3 Å². The number of thioether (sulfide) groups is 1. The van der Waals surface area contributed by atoms with Crippen molar-refractivity contribution in [1.82, 2.24) is 10.2 Å². The average Bonchev–Trinajstić information content (AvgIpc) is 3.09. The lowest BCUT2D eigenvalue weighted by atomic mass is 9.94. The summed E-state index contributed by atoms with van der Waals surface area (Å²) in [7, 11) is 0. The zero-order valence-corrected chi connectivity index (χ0v) is 17.7. The Kier molecular flexibility index (Phi) is 7.11. The second kappa shape index (κ2) is 9.51. The summed E-state index contributed by atoms with van der Waals surface area (Å²) in [6, 6.07) is 1.00. The van der Waals surface area contributed by atoms with Crippen LogP contribution in [0.25, 0.3) is 0 Å². The number of terminal acetylenes is 1. The third-order valence-electron chi connectivity index (χ3n) is 5.09. The van der Waals surface area contributed by atoms with Gasteiger partial charge in [-0.3, -0.25) is 9.59 Å². The number of hydrogen-bond acceptors (Lipinski definition) is 4. The lowest BCUT2D eigenvalue weighted by Gasteiger charge is -2.31. The number of likely N-dealkylation sites (tertiary alicyclic amines) is 1. The van der Waals surface area contributed by atoms with Crippen LogP contribution in [0.1, 0.15) is 34.3 Å². The van der Waals surface area contributed by atoms with E-state index in [0.29, 0.717) is 35.7 Å². The predicted octanol–water partition coefficient (Wildman–Crippen LogP) is 4.95. The maximum absolute atomic E-state index is 13.4. The van der Waals surface area contributed by atoms with Gasteiger partial charge in [0.05, 0.1) is 28.1 Å². The van der Waals surface area contributed by atoms with Crippen molar-refractivity contribution in [2.24, 2.45) is 10.9 Å². The van der Waals surface area contributed by atoms with E-state index < -0.39 is 40.2 Å². The molecule has 12 heteroatoms. The molecule has 2 heterocycles. The quantitative estimate of drug-likeness (QED) is 0.482. The van der Waals surface area contributed by atoms with Crippen LogP contribution in [-0.2, 0) is 12.4 Å². The van der Waals surface area contributed by atoms with Crippen molar-refractivity contribution in [2.45, 2.75) is 25.2 Å². The molecule has 1 aromatic rings. The number of piperidine rings is 1. The highest BCUT2D eigenvalue weighted by atomic mass is 32.2. The standard InChI is InChI=1S/C21H17F6N3O2S/c1-2-7-28-17-16(33-19(32)29-17)10-12-5-8-30(9-6-12)18(31)14-4-3-13(20(22,23)24)11-15(14)21(25,26)27/h1,3-4,10-12H,5-9H2,(H,28,29,32)/b16-10-. The monoisotopic (exact) mass is 489 g/mol. The highest BCUT2D eigenvalue weighted by Gasteiger charge is 2.40. The molecule has 0 atom stereocenters. The largest absolute Gasteiger partial charge is 0.417 e. The Morgan fingerprint density at radius 1 is 1.21 bits per heavy atom. The second-order valence-corrected chi connectivity index (χ2v) is 8.30. The number of benzene rings is 1. The zero-order valence-electron chi connectivity index (χ0n) is 16.9. The smallest absolute Gasteiger partial charge is 0.358 e. The summed E-state index contributed by atoms with van der Waals surface area (Å²) in [5.74, 6) is 1.66. The summed E-state index contributed by atoms with van der Waals surface area (Å²) < 4.78 is 78.7. The SMILES string of the molecule is C#CCNC1=NC(=O)S/C1=C\C1CCN(C(=O)c2ccc(C(F)(F)F)cc2C(F)(F)F)CC1. The van der Waals surface area contributed by atoms with Crippen LogP contribution in [0.3, 0.4) is 0 Å². The number of alkyl halides is 6. The van der Waals surface area contributed by atoms with E-state index in [2.05, 4.69) is 16.2 Å². The second-order valence-electron chi connectivity index (χ2n) is 7.30. The van der Waals surface area contributed by atoms with Gasteiger partial charge in [0, 0.05) is 13.1 Å². The van der Waals surface area contributed by atoms with E-state index >= 15 is 0 Å². The molecule has 0 unspecified atom stereocenters. The first-order valence-corrected chi connectivity index (χ1v) is 10.5. The van der Waals surface area contributed by atoms with Crippen molar-refractivity contribution < 1.29 is 35.9 Å². The Bertz CT molecular complexity index is 1050. The summed E-state index contributed by atoms with van der Waals surface area (Å²) in [5.41, 5.74) is -3.92. The van der Waals surface area contributed by atoms with Gasteiger partial charge >= 0.3 is 17.6 Å². The predicted molar refractivity (Wildman–Crippen MR) is 110 cm³/mol. The third kappa shape index (κ3) is 5.90. The number of carbonyl (C=O) groups excluding carboxylic acids is 2. The first kappa shape index (κ1) is 24.7. The van der Waals surface area contributed by atoms with E-state index in [1.54, 1.807) is 6.08 Å². The van der Waals surface area contributed by atoms with E-state index in [9.17, 15) is 35.9 Å². The van der Waals surface area contributed by atoms with Crippen LogP contribution in [0.15, 0.2) is 34.2 Å². The van der Waals surface area contributed by atoms with Crippen molar-refractivity contribution in [1.29, 1.82) is 0 Å². The van der Waals surface area contributed by atoms with E-state index in [1.165, 1.54) is 4.90 Å². The Labute approximate surface area is 189 Å². The molecule has 2 amide bonds. The number of amidine groups is 1. The lowest BCUT2D eigenvalue weighted by Crippen LogP contribution is -2.39. The topological polar surface area (TPSA) is 61.8 Å². The van der Waals surface area contributed by atoms with Gasteiger partial charge in [0.25, 0.3) is 5.91 Å². The summed E-state index contributed by atoms with van der Waals surface area (Å²) in [5, 5.41) is 2.43. The van der Waals surface area contributed by atoms with Crippen molar-refractivity contribution in [2.75, 3.05) is 19.6 Å². The molecule has 5 nitrogen and oxygen atoms in total. The average molecular weight is 489 g/mol. The van der Waals surface area contributed by atoms with E-state index in [0.717, 1.165) is 11.8 Å². The van der Waals surface area contributed by atoms with Gasteiger partial charge in [-0.15, -0.1) is 6.42 Å². The van der Waals surface area contributed by atoms with Gasteiger partial charge in [0.2, 0.25) is 0 Å². The van der Waals surface area contributed by atoms with Crippen molar-refractivity contribution in [3.63, 3.8) is 0 Å². The summed E-state index contributed by atoms with van der Waals surface area (Å²) in [4.78, 5) is 29.9. The molecule has 0 aliphatic carbocycles. The molecule has 1 fully saturated rings. The molecule has 33 heavy (non-hydrogen) atoms. The molecule has 3 rings (SSSR count). The van der Waals surface area contributed by atoms with Gasteiger partial charge in [0.15, 0.2) is 0 Å². The molecular weight excluding hydrogens is 472 g/mol. The number of nitrogens with zero attached hydrogens (tertiary/aromatic N) is 2. The van der Waals surface area contributed by atoms with Crippen LogP contribution in [0.4, 0.5) is 31.1 Å². The minimum Gasteiger partial charge on any atom is -0.358 e. The van der Waals surface area contributed by atoms with E-state index in [1.807, 2.05) is 0 Å². The molecule has 2 aliphatic rings. The lowest BCUT2D eigenvalue weighted by molar-refractivity contribution is -0.143. The molecule has 0 saturated carbocycles. The van der Waals surface area contributed by atoms with Crippen molar-refractivity contribution in [3.05, 3.63) is 45.9 Å². The molecule has 2 aliphatic heterocycles. The van der Waals surface area contributed by atoms with Crippen LogP contribution < -0.4 is 5.32 Å². The van der Waals surface area contributed by atoms with Gasteiger partial charge in [-0.1, -0.05) is 12.0 Å². The Hall–Kier alpha value is -2.94. The third-order valence-corrected chi connectivity index (χ3v) is 5.90. The number of allylic oxidation sites excluding steroid dienone is 1. The number of amides is 2. The minimum absolute atomic E-state index is 0.0389. The number of halogens is 6. The summed E-state index contributed by atoms with van der Waals surface area (Å²) in [6.45, 7) is 0.384. The van der Waals surface area contributed by atoms with Gasteiger partial charge < -0.3 is 10.2 Å². The first-order valence-electron chi connectivity index (χ1n) is 9.68. The Morgan fingerprint density at radius 3 is 2.45 bits per heavy atom. The molecule has 176 valence electrons. The molecule has 0 aromatic heterocycles.